The number of likely N-dealkylation sites (N-methyl/N-ethyl adjacent to an activating group) is 1. The van der Waals surface area contributed by atoms with Crippen LogP contribution in [0.15, 0.2) is 46.8 Å². The van der Waals surface area contributed by atoms with E-state index in [1.54, 1.807) is 42.8 Å². The number of rotatable bonds is 7. The summed E-state index contributed by atoms with van der Waals surface area (Å²) in [4.78, 5) is 44.1. The number of benzene rings is 1. The van der Waals surface area contributed by atoms with Crippen molar-refractivity contribution < 1.29 is 14.6 Å². The van der Waals surface area contributed by atoms with Crippen molar-refractivity contribution in [3.8, 4) is 22.9 Å². The molecule has 2 fully saturated rings. The zero-order valence-corrected chi connectivity index (χ0v) is 26.1. The first-order chi connectivity index (χ1) is 21.7. The monoisotopic (exact) mass is 641 g/mol. The zero-order valence-electron chi connectivity index (χ0n) is 24.5. The van der Waals surface area contributed by atoms with Crippen molar-refractivity contribution in [2.75, 3.05) is 31.6 Å². The molecule has 11 nitrogen and oxygen atoms in total. The van der Waals surface area contributed by atoms with Gasteiger partial charge in [-0.25, -0.2) is 14.8 Å². The summed E-state index contributed by atoms with van der Waals surface area (Å²) in [6, 6.07) is 9.74. The molecule has 6 heterocycles. The van der Waals surface area contributed by atoms with Gasteiger partial charge in [0.1, 0.15) is 29.8 Å². The molecule has 0 spiro atoms. The predicted molar refractivity (Wildman–Crippen MR) is 173 cm³/mol. The Morgan fingerprint density at radius 1 is 1.18 bits per heavy atom. The lowest BCUT2D eigenvalue weighted by molar-refractivity contribution is 0.0699. The Labute approximate surface area is 266 Å². The molecule has 7 rings (SSSR count). The Morgan fingerprint density at radius 3 is 2.69 bits per heavy atom. The molecule has 0 radical (unpaired) electrons. The minimum Gasteiger partial charge on any atom is -0.491 e. The quantitative estimate of drug-likeness (QED) is 0.259. The van der Waals surface area contributed by atoms with Gasteiger partial charge in [-0.1, -0.05) is 11.6 Å². The molecule has 2 bridgehead atoms. The topological polar surface area (TPSA) is 137 Å². The summed E-state index contributed by atoms with van der Waals surface area (Å²) >= 11 is 7.66. The van der Waals surface area contributed by atoms with Crippen LogP contribution in [0.3, 0.4) is 0 Å². The van der Waals surface area contributed by atoms with Gasteiger partial charge in [-0.05, 0) is 51.1 Å². The average Bonchev–Trinajstić information content (AvgIpc) is 3.57. The highest BCUT2D eigenvalue weighted by Gasteiger charge is 2.40. The molecular weight excluding hydrogens is 614 g/mol. The number of hydrogen-bond acceptors (Lipinski definition) is 10. The van der Waals surface area contributed by atoms with Gasteiger partial charge in [0.15, 0.2) is 5.82 Å². The van der Waals surface area contributed by atoms with Gasteiger partial charge in [0.05, 0.1) is 33.3 Å². The maximum atomic E-state index is 14.0. The number of aromatic carboxylic acids is 1. The molecule has 1 aromatic carbocycles. The predicted octanol–water partition coefficient (Wildman–Crippen LogP) is 4.96. The molecule has 0 amide bonds. The zero-order chi connectivity index (χ0) is 31.4. The third-order valence-corrected chi connectivity index (χ3v) is 9.91. The number of aromatic nitrogens is 4. The van der Waals surface area contributed by atoms with E-state index in [0.29, 0.717) is 43.7 Å². The number of pyridine rings is 2. The number of anilines is 1. The molecule has 1 N–H and O–H groups in total. The number of piperazine rings is 1. The average molecular weight is 642 g/mol. The Balaban J connectivity index is 1.21. The number of halogens is 1. The smallest absolute Gasteiger partial charge is 0.338 e. The fourth-order valence-electron chi connectivity index (χ4n) is 6.70. The van der Waals surface area contributed by atoms with Gasteiger partial charge in [-0.3, -0.25) is 14.3 Å². The van der Waals surface area contributed by atoms with Crippen LogP contribution in [0.1, 0.15) is 34.6 Å². The maximum Gasteiger partial charge on any atom is 0.338 e. The second-order valence-electron chi connectivity index (χ2n) is 11.4. The summed E-state index contributed by atoms with van der Waals surface area (Å²) < 4.78 is 8.46. The van der Waals surface area contributed by atoms with Crippen LogP contribution >= 0.6 is 22.9 Å². The van der Waals surface area contributed by atoms with Gasteiger partial charge < -0.3 is 19.6 Å². The van der Waals surface area contributed by atoms with Crippen molar-refractivity contribution in [2.24, 2.45) is 0 Å². The lowest BCUT2D eigenvalue weighted by Crippen LogP contribution is -2.53. The molecule has 0 aliphatic carbocycles. The molecule has 13 heteroatoms. The number of carboxylic acid groups (broad SMARTS) is 1. The van der Waals surface area contributed by atoms with Crippen LogP contribution in [0.2, 0.25) is 5.02 Å². The molecule has 2 aliphatic heterocycles. The van der Waals surface area contributed by atoms with Gasteiger partial charge in [0.25, 0.3) is 5.56 Å². The molecule has 5 aromatic rings. The van der Waals surface area contributed by atoms with E-state index in [-0.39, 0.29) is 47.3 Å². The number of likely N-dealkylation sites (tertiary alicyclic amines) is 1. The summed E-state index contributed by atoms with van der Waals surface area (Å²) in [5.74, 6) is 0.646. The number of aryl methyl sites for hydroxylation is 1. The fourth-order valence-corrected chi connectivity index (χ4v) is 7.90. The van der Waals surface area contributed by atoms with Crippen LogP contribution in [0.25, 0.3) is 32.2 Å². The number of hydrogen-bond donors (Lipinski definition) is 1. The molecule has 45 heavy (non-hydrogen) atoms. The van der Waals surface area contributed by atoms with Crippen molar-refractivity contribution in [1.82, 2.24) is 24.4 Å². The maximum absolute atomic E-state index is 14.0. The number of nitriles is 1. The van der Waals surface area contributed by atoms with Crippen LogP contribution in [0.5, 0.6) is 5.75 Å². The van der Waals surface area contributed by atoms with E-state index in [4.69, 9.17) is 21.3 Å². The van der Waals surface area contributed by atoms with Gasteiger partial charge in [-0.2, -0.15) is 5.26 Å². The van der Waals surface area contributed by atoms with Crippen LogP contribution < -0.4 is 15.2 Å². The Bertz CT molecular complexity index is 2090. The van der Waals surface area contributed by atoms with Crippen molar-refractivity contribution in [1.29, 1.82) is 5.26 Å². The SMILES string of the molecule is Cc1nc2c(N3C4CCC3CN(C)C4)ncc(C#N)c2c(=O)n1CCOc1ccc(Cl)cc1-c1ccnc2c(C(=O)O)csc12. The summed E-state index contributed by atoms with van der Waals surface area (Å²) in [7, 11) is 2.12. The van der Waals surface area contributed by atoms with Gasteiger partial charge in [0.2, 0.25) is 0 Å². The second-order valence-corrected chi connectivity index (χ2v) is 12.8. The minimum atomic E-state index is -1.04. The molecule has 228 valence electrons. The normalized spacial score (nSPS) is 18.0. The molecule has 2 unspecified atom stereocenters. The van der Waals surface area contributed by atoms with E-state index in [9.17, 15) is 20.0 Å². The van der Waals surface area contributed by atoms with E-state index >= 15 is 0 Å². The summed E-state index contributed by atoms with van der Waals surface area (Å²) in [6.07, 6.45) is 5.16. The van der Waals surface area contributed by atoms with Crippen molar-refractivity contribution in [3.63, 3.8) is 0 Å². The minimum absolute atomic E-state index is 0.129. The summed E-state index contributed by atoms with van der Waals surface area (Å²) in [5, 5.41) is 21.8. The Morgan fingerprint density at radius 2 is 1.96 bits per heavy atom. The molecule has 2 atom stereocenters. The van der Waals surface area contributed by atoms with Crippen LogP contribution in [-0.4, -0.2) is 74.3 Å². The van der Waals surface area contributed by atoms with Crippen LogP contribution in [-0.2, 0) is 6.54 Å². The number of carboxylic acids is 1. The number of thiophene rings is 1. The lowest BCUT2D eigenvalue weighted by Gasteiger charge is -2.40. The summed E-state index contributed by atoms with van der Waals surface area (Å²) in [5.41, 5.74) is 2.30. The van der Waals surface area contributed by atoms with Crippen molar-refractivity contribution >= 4 is 55.8 Å². The van der Waals surface area contributed by atoms with E-state index in [1.807, 2.05) is 0 Å². The van der Waals surface area contributed by atoms with Crippen LogP contribution in [0, 0.1) is 18.3 Å². The molecular formula is C32H28ClN7O4S. The van der Waals surface area contributed by atoms with E-state index < -0.39 is 5.97 Å². The van der Waals surface area contributed by atoms with Crippen molar-refractivity contribution in [3.05, 3.63) is 74.4 Å². The standard InChI is InChI=1S/C32H28ClN7O4S/c1-17-37-28-26(18(12-34)13-36-30(28)40-20-4-5-21(40)15-38(2)14-20)31(41)39(17)9-10-44-25-6-3-19(33)11-23(25)22-7-8-35-27-24(32(42)43)16-45-29(22)27/h3,6-8,11,13,16,20-21H,4-5,9-10,14-15H2,1-2H3,(H,42,43). The number of nitrogens with zero attached hydrogens (tertiary/aromatic N) is 7. The Kier molecular flexibility index (Phi) is 7.40. The number of carbonyl (C=O) groups is 1. The molecule has 4 aromatic heterocycles. The first-order valence-electron chi connectivity index (χ1n) is 14.5. The first-order valence-corrected chi connectivity index (χ1v) is 15.8. The van der Waals surface area contributed by atoms with E-state index in [1.165, 1.54) is 22.1 Å². The highest BCUT2D eigenvalue weighted by Crippen LogP contribution is 2.40. The van der Waals surface area contributed by atoms with Crippen molar-refractivity contribution in [2.45, 2.75) is 38.4 Å². The van der Waals surface area contributed by atoms with E-state index in [0.717, 1.165) is 31.5 Å². The highest BCUT2D eigenvalue weighted by molar-refractivity contribution is 7.18. The molecule has 2 aliphatic rings. The second kappa shape index (κ2) is 11.4. The van der Waals surface area contributed by atoms with Gasteiger partial charge >= 0.3 is 5.97 Å². The Hall–Kier alpha value is -4.57. The van der Waals surface area contributed by atoms with E-state index in [2.05, 4.69) is 32.9 Å². The van der Waals surface area contributed by atoms with Gasteiger partial charge in [0, 0.05) is 59.1 Å². The van der Waals surface area contributed by atoms with Crippen LogP contribution in [0.4, 0.5) is 5.82 Å². The third kappa shape index (κ3) is 4.97. The number of ether oxygens (including phenoxy) is 1. The number of fused-ring (bicyclic) bond motifs is 4. The summed E-state index contributed by atoms with van der Waals surface area (Å²) in [6.45, 7) is 3.92. The third-order valence-electron chi connectivity index (χ3n) is 8.68. The molecule has 2 saturated heterocycles. The lowest BCUT2D eigenvalue weighted by atomic mass is 10.0. The fraction of sp³-hybridized carbons (Fsp3) is 0.312. The molecule has 0 saturated carbocycles. The van der Waals surface area contributed by atoms with Gasteiger partial charge in [-0.15, -0.1) is 11.3 Å². The first kappa shape index (κ1) is 29.2. The highest BCUT2D eigenvalue weighted by atomic mass is 35.5. The largest absolute Gasteiger partial charge is 0.491 e.